The summed E-state index contributed by atoms with van der Waals surface area (Å²) in [6, 6.07) is 34.8. The number of nitrogens with two attached hydrogens (primary N) is 1. The summed E-state index contributed by atoms with van der Waals surface area (Å²) in [4.78, 5) is 8.97. The van der Waals surface area contributed by atoms with E-state index in [4.69, 9.17) is 15.7 Å². The van der Waals surface area contributed by atoms with Gasteiger partial charge in [-0.25, -0.2) is 9.98 Å². The first-order chi connectivity index (χ1) is 22.7. The molecule has 5 aromatic carbocycles. The van der Waals surface area contributed by atoms with Gasteiger partial charge in [-0.05, 0) is 115 Å². The molecule has 11 heteroatoms. The lowest BCUT2D eigenvalue weighted by Gasteiger charge is -2.13. The third kappa shape index (κ3) is 8.11. The van der Waals surface area contributed by atoms with Crippen LogP contribution in [0.3, 0.4) is 0 Å². The summed E-state index contributed by atoms with van der Waals surface area (Å²) in [5.41, 5.74) is 12.9. The van der Waals surface area contributed by atoms with Gasteiger partial charge in [0, 0.05) is 34.5 Å². The van der Waals surface area contributed by atoms with Gasteiger partial charge in [0.05, 0.1) is 34.2 Å². The summed E-state index contributed by atoms with van der Waals surface area (Å²) in [6.07, 6.45) is 7.72. The van der Waals surface area contributed by atoms with Crippen molar-refractivity contribution in [3.8, 4) is 5.75 Å². The van der Waals surface area contributed by atoms with E-state index < -0.39 is 15.0 Å². The highest BCUT2D eigenvalue weighted by Crippen LogP contribution is 2.34. The van der Waals surface area contributed by atoms with E-state index in [0.29, 0.717) is 5.69 Å². The highest BCUT2D eigenvalue weighted by molar-refractivity contribution is 7.86. The Morgan fingerprint density at radius 2 is 0.957 bits per heavy atom. The van der Waals surface area contributed by atoms with Crippen molar-refractivity contribution in [2.24, 2.45) is 9.98 Å². The predicted octanol–water partition coefficient (Wildman–Crippen LogP) is 8.42. The van der Waals surface area contributed by atoms with Gasteiger partial charge in [0.15, 0.2) is 0 Å². The molecule has 1 aliphatic carbocycles. The van der Waals surface area contributed by atoms with Crippen LogP contribution < -0.4 is 21.7 Å². The topological polar surface area (TPSA) is 161 Å². The molecular formula is C36H30N6O4S. The number of allylic oxidation sites excluding steroid dienone is 4. The van der Waals surface area contributed by atoms with Crippen LogP contribution in [0.5, 0.6) is 5.75 Å². The summed E-state index contributed by atoms with van der Waals surface area (Å²) in [7, 11) is -4.57. The van der Waals surface area contributed by atoms with Crippen LogP contribution in [0.4, 0.5) is 51.2 Å². The van der Waals surface area contributed by atoms with Crippen molar-refractivity contribution in [2.45, 2.75) is 4.90 Å². The van der Waals surface area contributed by atoms with Crippen molar-refractivity contribution < 1.29 is 18.1 Å². The van der Waals surface area contributed by atoms with Crippen LogP contribution in [0.2, 0.25) is 0 Å². The Morgan fingerprint density at radius 1 is 0.553 bits per heavy atom. The molecule has 5 aromatic rings. The molecule has 10 nitrogen and oxygen atoms in total. The first-order valence-corrected chi connectivity index (χ1v) is 15.9. The van der Waals surface area contributed by atoms with E-state index in [1.807, 2.05) is 103 Å². The number of hydrogen-bond donors (Lipinski definition) is 6. The molecule has 0 bridgehead atoms. The summed E-state index contributed by atoms with van der Waals surface area (Å²) in [6.45, 7) is 0. The lowest BCUT2D eigenvalue weighted by Crippen LogP contribution is -2.05. The third-order valence-electron chi connectivity index (χ3n) is 7.02. The Morgan fingerprint density at radius 3 is 1.40 bits per heavy atom. The van der Waals surface area contributed by atoms with E-state index in [1.165, 1.54) is 0 Å². The van der Waals surface area contributed by atoms with Crippen LogP contribution in [-0.2, 0) is 10.1 Å². The monoisotopic (exact) mass is 642 g/mol. The van der Waals surface area contributed by atoms with Gasteiger partial charge in [-0.3, -0.25) is 4.55 Å². The second-order valence-electron chi connectivity index (χ2n) is 10.5. The molecule has 234 valence electrons. The largest absolute Gasteiger partial charge is 0.506 e. The fourth-order valence-electron chi connectivity index (χ4n) is 4.68. The number of rotatable bonds is 9. The maximum atomic E-state index is 11.8. The third-order valence-corrected chi connectivity index (χ3v) is 7.92. The minimum Gasteiger partial charge on any atom is -0.506 e. The maximum absolute atomic E-state index is 11.8. The van der Waals surface area contributed by atoms with Gasteiger partial charge < -0.3 is 26.8 Å². The molecule has 0 aliphatic heterocycles. The molecule has 47 heavy (non-hydrogen) atoms. The molecule has 0 radical (unpaired) electrons. The van der Waals surface area contributed by atoms with E-state index in [1.54, 1.807) is 24.3 Å². The zero-order chi connectivity index (χ0) is 32.8. The molecule has 0 unspecified atom stereocenters. The van der Waals surface area contributed by atoms with Crippen LogP contribution in [0.1, 0.15) is 0 Å². The number of benzene rings is 5. The number of nitrogen functional groups attached to an aromatic ring is 1. The molecule has 0 fully saturated rings. The Hall–Kier alpha value is -6.17. The molecule has 0 amide bonds. The molecule has 0 spiro atoms. The molecule has 0 atom stereocenters. The number of phenolic OH excluding ortho intramolecular Hbond substituents is 1. The van der Waals surface area contributed by atoms with E-state index in [9.17, 15) is 18.1 Å². The summed E-state index contributed by atoms with van der Waals surface area (Å²) in [5, 5.41) is 19.5. The molecular weight excluding hydrogens is 613 g/mol. The Labute approximate surface area is 272 Å². The second kappa shape index (κ2) is 13.4. The Kier molecular flexibility index (Phi) is 8.82. The van der Waals surface area contributed by atoms with E-state index >= 15 is 0 Å². The number of aromatic hydroxyl groups is 1. The fourth-order valence-corrected chi connectivity index (χ4v) is 5.34. The highest BCUT2D eigenvalue weighted by atomic mass is 32.2. The lowest BCUT2D eigenvalue weighted by molar-refractivity contribution is 0.476. The van der Waals surface area contributed by atoms with Crippen LogP contribution >= 0.6 is 0 Å². The molecule has 6 rings (SSSR count). The summed E-state index contributed by atoms with van der Waals surface area (Å²) >= 11 is 0. The Balaban J connectivity index is 1.04. The van der Waals surface area contributed by atoms with E-state index in [-0.39, 0.29) is 17.1 Å². The van der Waals surface area contributed by atoms with Gasteiger partial charge in [0.25, 0.3) is 10.1 Å². The average Bonchev–Trinajstić information content (AvgIpc) is 3.06. The van der Waals surface area contributed by atoms with Crippen LogP contribution in [0.25, 0.3) is 0 Å². The number of anilines is 7. The van der Waals surface area contributed by atoms with Crippen LogP contribution in [-0.4, -0.2) is 29.5 Å². The average molecular weight is 643 g/mol. The Bertz CT molecular complexity index is 2110. The van der Waals surface area contributed by atoms with Crippen LogP contribution in [0.15, 0.2) is 154 Å². The standard InChI is InChI=1S/C36H30N6O4S/c37-33-22-36(47(44,45)46)34(23-35(33)43)42-32-20-18-31(19-21-32)41-30-16-14-29(15-17-30)40-28-12-10-27(11-13-28)39-26-8-6-25(7-9-26)38-24-4-2-1-3-5-24/h1-23,38,41-43H,37H2,(H,44,45,46). The fraction of sp³-hybridized carbons (Fsp3) is 0. The molecule has 0 saturated heterocycles. The number of phenols is 1. The van der Waals surface area contributed by atoms with Gasteiger partial charge in [-0.1, -0.05) is 18.2 Å². The van der Waals surface area contributed by atoms with Crippen LogP contribution in [0, 0.1) is 0 Å². The van der Waals surface area contributed by atoms with Crippen molar-refractivity contribution in [2.75, 3.05) is 21.7 Å². The van der Waals surface area contributed by atoms with Crippen molar-refractivity contribution in [1.82, 2.24) is 0 Å². The molecule has 0 saturated carbocycles. The maximum Gasteiger partial charge on any atom is 0.296 e. The minimum atomic E-state index is -4.57. The molecule has 1 aliphatic rings. The van der Waals surface area contributed by atoms with Gasteiger partial charge in [-0.2, -0.15) is 8.42 Å². The minimum absolute atomic E-state index is 0.00880. The van der Waals surface area contributed by atoms with Crippen molar-refractivity contribution >= 4 is 72.7 Å². The summed E-state index contributed by atoms with van der Waals surface area (Å²) in [5.74, 6) is -0.310. The lowest BCUT2D eigenvalue weighted by atomic mass is 10.1. The number of nitrogens with zero attached hydrogens (tertiary/aromatic N) is 2. The zero-order valence-electron chi connectivity index (χ0n) is 24.9. The first kappa shape index (κ1) is 30.8. The first-order valence-electron chi connectivity index (χ1n) is 14.5. The van der Waals surface area contributed by atoms with Gasteiger partial charge >= 0.3 is 0 Å². The number of nitrogens with one attached hydrogen (secondary N) is 3. The smallest absolute Gasteiger partial charge is 0.296 e. The SMILES string of the molecule is Nc1cc(S(=O)(=O)O)c(Nc2ccc(Nc3ccc(N=C4C=CC(=Nc5ccc(Nc6ccccc6)cc5)C=C4)cc3)cc2)cc1O. The van der Waals surface area contributed by atoms with E-state index in [2.05, 4.69) is 16.0 Å². The van der Waals surface area contributed by atoms with Crippen molar-refractivity contribution in [1.29, 1.82) is 0 Å². The van der Waals surface area contributed by atoms with Crippen molar-refractivity contribution in [3.05, 3.63) is 140 Å². The normalized spacial score (nSPS) is 12.4. The zero-order valence-corrected chi connectivity index (χ0v) is 25.7. The van der Waals surface area contributed by atoms with Gasteiger partial charge in [0.2, 0.25) is 0 Å². The predicted molar refractivity (Wildman–Crippen MR) is 190 cm³/mol. The molecule has 0 aromatic heterocycles. The number of aliphatic imine (C=N–C) groups is 2. The quantitative estimate of drug-likeness (QED) is 0.0404. The highest BCUT2D eigenvalue weighted by Gasteiger charge is 2.18. The summed E-state index contributed by atoms with van der Waals surface area (Å²) < 4.78 is 33.1. The van der Waals surface area contributed by atoms with Crippen molar-refractivity contribution in [3.63, 3.8) is 0 Å². The number of hydrogen-bond acceptors (Lipinski definition) is 9. The molecule has 0 heterocycles. The van der Waals surface area contributed by atoms with Gasteiger partial charge in [0.1, 0.15) is 10.6 Å². The van der Waals surface area contributed by atoms with E-state index in [0.717, 1.165) is 57.7 Å². The second-order valence-corrected chi connectivity index (χ2v) is 11.9. The molecule has 7 N–H and O–H groups in total. The number of para-hydroxylation sites is 1. The van der Waals surface area contributed by atoms with Gasteiger partial charge in [-0.15, -0.1) is 0 Å².